The van der Waals surface area contributed by atoms with E-state index in [1.165, 1.54) is 10.5 Å². The topological polar surface area (TPSA) is 60.9 Å². The highest BCUT2D eigenvalue weighted by Gasteiger charge is 2.41. The number of nitrogens with zero attached hydrogens (tertiary/aromatic N) is 2. The highest BCUT2D eigenvalue weighted by atomic mass is 16.3. The molecule has 1 heterocycles. The number of hydrogen-bond acceptors (Lipinski definition) is 4. The number of unbranched alkanes of at least 4 members (excludes halogenated alkanes) is 1. The second kappa shape index (κ2) is 9.26. The van der Waals surface area contributed by atoms with Crippen LogP contribution in [0.4, 0.5) is 5.69 Å². The van der Waals surface area contributed by atoms with Gasteiger partial charge in [-0.3, -0.25) is 9.59 Å². The fraction of sp³-hybridized carbons (Fsp3) is 0.360. The van der Waals surface area contributed by atoms with Crippen molar-refractivity contribution in [1.82, 2.24) is 4.90 Å². The molecule has 2 amide bonds. The average molecular weight is 407 g/mol. The summed E-state index contributed by atoms with van der Waals surface area (Å²) in [4.78, 5) is 29.7. The maximum Gasteiger partial charge on any atom is 0.282 e. The number of carbonyl (C=O) groups is 2. The summed E-state index contributed by atoms with van der Waals surface area (Å²) in [5, 5.41) is 9.40. The zero-order valence-electron chi connectivity index (χ0n) is 18.2. The summed E-state index contributed by atoms with van der Waals surface area (Å²) < 4.78 is 0. The van der Waals surface area contributed by atoms with Crippen molar-refractivity contribution in [3.05, 3.63) is 70.4 Å². The van der Waals surface area contributed by atoms with Gasteiger partial charge in [0.1, 0.15) is 5.70 Å². The van der Waals surface area contributed by atoms with Crippen molar-refractivity contribution in [2.45, 2.75) is 40.0 Å². The summed E-state index contributed by atoms with van der Waals surface area (Å²) >= 11 is 0. The summed E-state index contributed by atoms with van der Waals surface area (Å²) in [5.74, 6) is -0.685. The first kappa shape index (κ1) is 21.8. The Morgan fingerprint density at radius 3 is 2.27 bits per heavy atom. The molecule has 1 aliphatic rings. The van der Waals surface area contributed by atoms with Gasteiger partial charge in [0.05, 0.1) is 17.9 Å². The van der Waals surface area contributed by atoms with Crippen LogP contribution in [0.15, 0.2) is 48.2 Å². The lowest BCUT2D eigenvalue weighted by atomic mass is 9.99. The van der Waals surface area contributed by atoms with Crippen LogP contribution in [0.5, 0.6) is 0 Å². The van der Waals surface area contributed by atoms with Gasteiger partial charge in [0, 0.05) is 13.6 Å². The Labute approximate surface area is 178 Å². The monoisotopic (exact) mass is 406 g/mol. The number of benzene rings is 2. The zero-order valence-corrected chi connectivity index (χ0v) is 18.2. The van der Waals surface area contributed by atoms with Crippen molar-refractivity contribution in [1.29, 1.82) is 0 Å². The van der Waals surface area contributed by atoms with Gasteiger partial charge >= 0.3 is 0 Å². The van der Waals surface area contributed by atoms with Gasteiger partial charge in [-0.25, -0.2) is 4.90 Å². The lowest BCUT2D eigenvalue weighted by molar-refractivity contribution is -0.120. The number of imide groups is 1. The molecule has 5 heteroatoms. The van der Waals surface area contributed by atoms with E-state index in [1.54, 1.807) is 11.9 Å². The van der Waals surface area contributed by atoms with Crippen LogP contribution in [0.2, 0.25) is 0 Å². The van der Waals surface area contributed by atoms with Crippen LogP contribution in [-0.4, -0.2) is 42.0 Å². The first-order chi connectivity index (χ1) is 14.4. The molecule has 3 rings (SSSR count). The van der Waals surface area contributed by atoms with Crippen molar-refractivity contribution in [3.63, 3.8) is 0 Å². The van der Waals surface area contributed by atoms with E-state index in [4.69, 9.17) is 0 Å². The van der Waals surface area contributed by atoms with E-state index < -0.39 is 0 Å². The normalized spacial score (nSPS) is 14.1. The molecule has 1 aliphatic heterocycles. The van der Waals surface area contributed by atoms with E-state index in [2.05, 4.69) is 6.92 Å². The first-order valence-corrected chi connectivity index (χ1v) is 10.5. The minimum atomic E-state index is -0.356. The summed E-state index contributed by atoms with van der Waals surface area (Å²) in [6.45, 7) is 6.32. The molecule has 5 nitrogen and oxygen atoms in total. The van der Waals surface area contributed by atoms with Crippen molar-refractivity contribution >= 4 is 23.1 Å². The van der Waals surface area contributed by atoms with Crippen LogP contribution in [0.1, 0.15) is 42.0 Å². The van der Waals surface area contributed by atoms with Gasteiger partial charge in [-0.2, -0.15) is 0 Å². The van der Waals surface area contributed by atoms with Crippen molar-refractivity contribution in [2.75, 3.05) is 25.1 Å². The SMILES string of the molecule is CCCCc1ccc(N2C(=O)C(c3ccc(C)c(C)c3)=C(N(C)CCO)C2=O)cc1. The molecule has 1 N–H and O–H groups in total. The lowest BCUT2D eigenvalue weighted by Gasteiger charge is -2.20. The maximum atomic E-state index is 13.4. The van der Waals surface area contributed by atoms with Gasteiger partial charge in [-0.05, 0) is 61.1 Å². The Bertz CT molecular complexity index is 976. The molecule has 0 bridgehead atoms. The smallest absolute Gasteiger partial charge is 0.282 e. The molecule has 0 spiro atoms. The highest BCUT2D eigenvalue weighted by Crippen LogP contribution is 2.35. The van der Waals surface area contributed by atoms with Crippen molar-refractivity contribution < 1.29 is 14.7 Å². The van der Waals surface area contributed by atoms with Gasteiger partial charge in [0.15, 0.2) is 0 Å². The zero-order chi connectivity index (χ0) is 21.8. The van der Waals surface area contributed by atoms with Crippen molar-refractivity contribution in [3.8, 4) is 0 Å². The van der Waals surface area contributed by atoms with E-state index in [1.807, 2.05) is 56.3 Å². The number of aryl methyl sites for hydroxylation is 3. The van der Waals surface area contributed by atoms with E-state index in [9.17, 15) is 14.7 Å². The standard InChI is InChI=1S/C25H30N2O3/c1-5-6-7-19-9-12-21(13-10-19)27-24(29)22(20-11-8-17(2)18(3)16-20)23(25(27)30)26(4)14-15-28/h8-13,16,28H,5-7,14-15H2,1-4H3. The van der Waals surface area contributed by atoms with Gasteiger partial charge in [0.2, 0.25) is 0 Å². The Morgan fingerprint density at radius 2 is 1.67 bits per heavy atom. The molecule has 2 aromatic rings. The summed E-state index contributed by atoms with van der Waals surface area (Å²) in [7, 11) is 1.73. The third-order valence-electron chi connectivity index (χ3n) is 5.69. The van der Waals surface area contributed by atoms with Crippen LogP contribution >= 0.6 is 0 Å². The third kappa shape index (κ3) is 4.17. The van der Waals surface area contributed by atoms with Crippen LogP contribution < -0.4 is 4.90 Å². The summed E-state index contributed by atoms with van der Waals surface area (Å²) in [6.07, 6.45) is 3.21. The molecule has 0 unspecified atom stereocenters. The lowest BCUT2D eigenvalue weighted by Crippen LogP contribution is -2.34. The average Bonchev–Trinajstić information content (AvgIpc) is 2.99. The molecule has 158 valence electrons. The fourth-order valence-electron chi connectivity index (χ4n) is 3.72. The molecule has 0 radical (unpaired) electrons. The number of aliphatic hydroxyl groups is 1. The number of aliphatic hydroxyl groups excluding tert-OH is 1. The molecule has 0 aromatic heterocycles. The predicted molar refractivity (Wildman–Crippen MR) is 120 cm³/mol. The first-order valence-electron chi connectivity index (χ1n) is 10.5. The molecule has 30 heavy (non-hydrogen) atoms. The molecule has 0 fully saturated rings. The Kier molecular flexibility index (Phi) is 6.73. The molecule has 2 aromatic carbocycles. The number of likely N-dealkylation sites (N-methyl/N-ethyl adjacent to an activating group) is 1. The number of hydrogen-bond donors (Lipinski definition) is 1. The van der Waals surface area contributed by atoms with Gasteiger partial charge in [-0.15, -0.1) is 0 Å². The predicted octanol–water partition coefficient (Wildman–Crippen LogP) is 3.85. The van der Waals surface area contributed by atoms with Gasteiger partial charge in [0.25, 0.3) is 11.8 Å². The number of carbonyl (C=O) groups excluding carboxylic acids is 2. The van der Waals surface area contributed by atoms with E-state index >= 15 is 0 Å². The second-order valence-corrected chi connectivity index (χ2v) is 7.88. The van der Waals surface area contributed by atoms with Crippen molar-refractivity contribution in [2.24, 2.45) is 0 Å². The molecule has 0 atom stereocenters. The molecule has 0 saturated heterocycles. The number of anilines is 1. The summed E-state index contributed by atoms with van der Waals surface area (Å²) in [5.41, 5.74) is 5.38. The Hall–Kier alpha value is -2.92. The van der Waals surface area contributed by atoms with Gasteiger partial charge < -0.3 is 10.0 Å². The number of amides is 2. The van der Waals surface area contributed by atoms with E-state index in [-0.39, 0.29) is 25.0 Å². The van der Waals surface area contributed by atoms with Gasteiger partial charge in [-0.1, -0.05) is 43.7 Å². The minimum absolute atomic E-state index is 0.103. The Morgan fingerprint density at radius 1 is 0.967 bits per heavy atom. The highest BCUT2D eigenvalue weighted by molar-refractivity contribution is 6.45. The van der Waals surface area contributed by atoms with Crippen LogP contribution in [0, 0.1) is 13.8 Å². The Balaban J connectivity index is 2.03. The summed E-state index contributed by atoms with van der Waals surface area (Å²) in [6, 6.07) is 13.4. The van der Waals surface area contributed by atoms with E-state index in [0.717, 1.165) is 36.0 Å². The van der Waals surface area contributed by atoms with Crippen LogP contribution in [-0.2, 0) is 16.0 Å². The second-order valence-electron chi connectivity index (χ2n) is 7.88. The minimum Gasteiger partial charge on any atom is -0.395 e. The molecular weight excluding hydrogens is 376 g/mol. The fourth-order valence-corrected chi connectivity index (χ4v) is 3.72. The largest absolute Gasteiger partial charge is 0.395 e. The number of rotatable bonds is 8. The molecular formula is C25H30N2O3. The molecule has 0 saturated carbocycles. The third-order valence-corrected chi connectivity index (χ3v) is 5.69. The van der Waals surface area contributed by atoms with Crippen LogP contribution in [0.25, 0.3) is 5.57 Å². The maximum absolute atomic E-state index is 13.4. The van der Waals surface area contributed by atoms with Crippen LogP contribution in [0.3, 0.4) is 0 Å². The molecule has 0 aliphatic carbocycles. The quantitative estimate of drug-likeness (QED) is 0.677. The van der Waals surface area contributed by atoms with E-state index in [0.29, 0.717) is 17.0 Å².